The Kier molecular flexibility index (Phi) is 15.3. The number of rotatable bonds is 19. The lowest BCUT2D eigenvalue weighted by atomic mass is 9.98. The zero-order chi connectivity index (χ0) is 45.2. The molecule has 0 spiro atoms. The summed E-state index contributed by atoms with van der Waals surface area (Å²) in [6.45, 7) is 5.72. The Morgan fingerprint density at radius 2 is 0.937 bits per heavy atom. The molecule has 6 aromatic rings. The molecule has 0 unspecified atom stereocenters. The van der Waals surface area contributed by atoms with Crippen LogP contribution < -0.4 is 18.9 Å². The minimum atomic E-state index is -4.00. The normalized spacial score (nSPS) is 13.5. The van der Waals surface area contributed by atoms with Crippen LogP contribution in [0.3, 0.4) is 0 Å². The summed E-state index contributed by atoms with van der Waals surface area (Å²) in [5.74, 6) is 2.83. The van der Waals surface area contributed by atoms with Crippen LogP contribution >= 0.6 is 0 Å². The van der Waals surface area contributed by atoms with Crippen LogP contribution in [-0.2, 0) is 69.7 Å². The smallest absolute Gasteiger partial charge is 0.263 e. The van der Waals surface area contributed by atoms with E-state index in [0.717, 1.165) is 33.8 Å². The molecule has 1 N–H and O–H groups in total. The number of hydrogen-bond acceptors (Lipinski definition) is 12. The van der Waals surface area contributed by atoms with E-state index < -0.39 is 25.6 Å². The van der Waals surface area contributed by atoms with E-state index in [0.29, 0.717) is 30.3 Å². The molecule has 0 radical (unpaired) electrons. The molecule has 3 heterocycles. The number of benzene rings is 4. The van der Waals surface area contributed by atoms with Gasteiger partial charge in [-0.2, -0.15) is 18.8 Å². The second kappa shape index (κ2) is 20.6. The first kappa shape index (κ1) is 46.7. The van der Waals surface area contributed by atoms with Gasteiger partial charge in [0.25, 0.3) is 20.0 Å². The number of aryl methyl sites for hydroxylation is 2. The molecule has 1 fully saturated rings. The molecule has 63 heavy (non-hydrogen) atoms. The van der Waals surface area contributed by atoms with Gasteiger partial charge in [-0.05, 0) is 90.7 Å². The first-order valence-corrected chi connectivity index (χ1v) is 23.1. The van der Waals surface area contributed by atoms with Gasteiger partial charge in [-0.15, -0.1) is 0 Å². The van der Waals surface area contributed by atoms with Gasteiger partial charge in [-0.3, -0.25) is 9.36 Å². The first-order chi connectivity index (χ1) is 30.2. The van der Waals surface area contributed by atoms with Gasteiger partial charge in [0.1, 0.15) is 23.0 Å². The van der Waals surface area contributed by atoms with Crippen LogP contribution in [0.1, 0.15) is 41.8 Å². The summed E-state index contributed by atoms with van der Waals surface area (Å²) >= 11 is 0. The highest BCUT2D eigenvalue weighted by atomic mass is 32.2. The molecule has 0 saturated carbocycles. The Morgan fingerprint density at radius 3 is 1.22 bits per heavy atom. The third kappa shape index (κ3) is 11.3. The number of hydrogen-bond donors (Lipinski definition) is 1. The number of aliphatic hydroxyl groups is 1. The van der Waals surface area contributed by atoms with Gasteiger partial charge in [0, 0.05) is 51.5 Å². The van der Waals surface area contributed by atoms with E-state index in [4.69, 9.17) is 23.7 Å². The summed E-state index contributed by atoms with van der Waals surface area (Å²) in [7, 11) is -1.42. The van der Waals surface area contributed by atoms with Gasteiger partial charge in [-0.1, -0.05) is 48.5 Å². The quantitative estimate of drug-likeness (QED) is 0.103. The van der Waals surface area contributed by atoms with Gasteiger partial charge >= 0.3 is 0 Å². The van der Waals surface area contributed by atoms with Crippen molar-refractivity contribution in [1.82, 2.24) is 28.2 Å². The maximum Gasteiger partial charge on any atom is 0.263 e. The monoisotopic (exact) mass is 902 g/mol. The van der Waals surface area contributed by atoms with Crippen LogP contribution in [0, 0.1) is 0 Å². The van der Waals surface area contributed by atoms with E-state index in [1.54, 1.807) is 63.6 Å². The molecule has 0 amide bonds. The van der Waals surface area contributed by atoms with Crippen LogP contribution in [0.25, 0.3) is 0 Å². The van der Waals surface area contributed by atoms with Crippen molar-refractivity contribution in [3.8, 4) is 23.0 Å². The first-order valence-electron chi connectivity index (χ1n) is 20.2. The Labute approximate surface area is 369 Å². The van der Waals surface area contributed by atoms with Crippen molar-refractivity contribution in [2.75, 3.05) is 41.7 Å². The van der Waals surface area contributed by atoms with Crippen molar-refractivity contribution in [3.63, 3.8) is 0 Å². The van der Waals surface area contributed by atoms with Gasteiger partial charge < -0.3 is 28.8 Å². The summed E-state index contributed by atoms with van der Waals surface area (Å²) in [6.07, 6.45) is 1.67. The Morgan fingerprint density at radius 1 is 0.571 bits per heavy atom. The number of aromatic nitrogens is 4. The third-order valence-electron chi connectivity index (χ3n) is 10.4. The fraction of sp³-hybridized carbons (Fsp3) is 0.333. The molecule has 336 valence electrons. The molecule has 0 atom stereocenters. The number of ether oxygens (including phenoxy) is 5. The van der Waals surface area contributed by atoms with Crippen molar-refractivity contribution < 1.29 is 45.6 Å². The molecule has 18 heteroatoms. The maximum atomic E-state index is 13.8. The summed E-state index contributed by atoms with van der Waals surface area (Å²) in [4.78, 5) is 0. The molecule has 16 nitrogen and oxygen atoms in total. The molecule has 0 bridgehead atoms. The molecule has 1 aliphatic rings. The summed E-state index contributed by atoms with van der Waals surface area (Å²) in [6, 6.07) is 32.2. The van der Waals surface area contributed by atoms with E-state index in [-0.39, 0.29) is 49.4 Å². The second-order valence-corrected chi connectivity index (χ2v) is 18.4. The van der Waals surface area contributed by atoms with E-state index in [1.165, 1.54) is 25.4 Å². The topological polar surface area (TPSA) is 177 Å². The van der Waals surface area contributed by atoms with Gasteiger partial charge in [0.05, 0.1) is 47.3 Å². The fourth-order valence-corrected chi connectivity index (χ4v) is 9.40. The molecule has 7 rings (SSSR count). The van der Waals surface area contributed by atoms with Crippen molar-refractivity contribution in [3.05, 3.63) is 143 Å². The summed E-state index contributed by atoms with van der Waals surface area (Å²) < 4.78 is 86.1. The maximum absolute atomic E-state index is 13.8. The minimum Gasteiger partial charge on any atom is -0.497 e. The molecule has 1 saturated heterocycles. The number of nitrogens with zero attached hydrogens (tertiary/aromatic N) is 6. The minimum absolute atomic E-state index is 0.0429. The highest BCUT2D eigenvalue weighted by molar-refractivity contribution is 7.89. The van der Waals surface area contributed by atoms with E-state index >= 15 is 0 Å². The van der Waals surface area contributed by atoms with E-state index in [9.17, 15) is 21.9 Å². The van der Waals surface area contributed by atoms with Crippen molar-refractivity contribution in [2.24, 2.45) is 0 Å². The van der Waals surface area contributed by atoms with Crippen molar-refractivity contribution >= 4 is 20.0 Å². The predicted molar refractivity (Wildman–Crippen MR) is 235 cm³/mol. The number of sulfonamides is 2. The Bertz CT molecular complexity index is 2510. The molecule has 4 aromatic carbocycles. The zero-order valence-electron chi connectivity index (χ0n) is 36.2. The lowest BCUT2D eigenvalue weighted by Gasteiger charge is -2.36. The van der Waals surface area contributed by atoms with E-state index in [2.05, 4.69) is 10.2 Å². The second-order valence-electron chi connectivity index (χ2n) is 14.7. The van der Waals surface area contributed by atoms with Crippen LogP contribution in [0.2, 0.25) is 0 Å². The average molecular weight is 903 g/mol. The fourth-order valence-electron chi connectivity index (χ4n) is 6.69. The van der Waals surface area contributed by atoms with E-state index in [1.807, 2.05) is 86.6 Å². The largest absolute Gasteiger partial charge is 0.497 e. The van der Waals surface area contributed by atoms with Gasteiger partial charge in [-0.25, -0.2) is 16.8 Å². The highest BCUT2D eigenvalue weighted by Gasteiger charge is 2.43. The van der Waals surface area contributed by atoms with Gasteiger partial charge in [0.2, 0.25) is 0 Å². The summed E-state index contributed by atoms with van der Waals surface area (Å²) in [5.41, 5.74) is 2.54. The molecule has 2 aromatic heterocycles. The lowest BCUT2D eigenvalue weighted by Crippen LogP contribution is -2.48. The standard InChI is InChI=1S/C24H29N3O6S.C21H25N3O4S/c1-4-27-22(24(28)16-33-17-24)13-23(25-27)34(29,30)26(14-18-5-9-20(31-2)10-6-18)15-19-7-11-21(32-3)12-8-19;1-4-23-14-13-21(22-23)29(25,26)24(15-17-5-9-19(27-2)10-6-17)16-18-7-11-20(28-3)12-8-18/h5-13,28H,4,14-17H2,1-3H3;5-14H,4,15-16H2,1-3H3. The SMILES string of the molecule is CCn1ccc(S(=O)(=O)N(Cc2ccc(OC)cc2)Cc2ccc(OC)cc2)n1.CCn1nc(S(=O)(=O)N(Cc2ccc(OC)cc2)Cc2ccc(OC)cc2)cc1C1(O)COC1. The Hall–Kier alpha value is -5.76. The predicted octanol–water partition coefficient (Wildman–Crippen LogP) is 5.84. The zero-order valence-corrected chi connectivity index (χ0v) is 37.9. The molecule has 0 aliphatic carbocycles. The molecular weight excluding hydrogens is 849 g/mol. The van der Waals surface area contributed by atoms with Crippen LogP contribution in [-0.4, -0.2) is 91.8 Å². The lowest BCUT2D eigenvalue weighted by molar-refractivity contribution is -0.188. The third-order valence-corrected chi connectivity index (χ3v) is 13.8. The molecule has 1 aliphatic heterocycles. The van der Waals surface area contributed by atoms with Crippen LogP contribution in [0.15, 0.2) is 125 Å². The van der Waals surface area contributed by atoms with Crippen molar-refractivity contribution in [1.29, 1.82) is 0 Å². The Balaban J connectivity index is 0.000000213. The van der Waals surface area contributed by atoms with Gasteiger partial charge in [0.15, 0.2) is 15.7 Å². The highest BCUT2D eigenvalue weighted by Crippen LogP contribution is 2.32. The molecular formula is C45H54N6O10S2. The average Bonchev–Trinajstić information content (AvgIpc) is 3.99. The number of methoxy groups -OCH3 is 4. The van der Waals surface area contributed by atoms with Crippen LogP contribution in [0.4, 0.5) is 0 Å². The van der Waals surface area contributed by atoms with Crippen molar-refractivity contribution in [2.45, 2.75) is 68.8 Å². The van der Waals surface area contributed by atoms with Crippen LogP contribution in [0.5, 0.6) is 23.0 Å². The summed E-state index contributed by atoms with van der Waals surface area (Å²) in [5, 5.41) is 19.2.